The van der Waals surface area contributed by atoms with Crippen LogP contribution in [0.15, 0.2) is 0 Å². The van der Waals surface area contributed by atoms with Crippen molar-refractivity contribution in [2.45, 2.75) is 25.7 Å². The minimum atomic E-state index is -0.855. The molecule has 0 aromatic rings. The molecule has 0 fully saturated rings. The van der Waals surface area contributed by atoms with Crippen LogP contribution in [0.1, 0.15) is 25.7 Å². The van der Waals surface area contributed by atoms with Gasteiger partial charge in [0.25, 0.3) is 0 Å². The molecule has 0 spiro atoms. The number of alkyl halides is 1. The first-order valence-corrected chi connectivity index (χ1v) is 10.6. The molecule has 0 radical (unpaired) electrons. The standard InChI is InChI=1S/C18H33BrO9/c19-5-6-23-7-8-24-9-10-25-11-12-26-13-14-27-15-16-28-18(22)4-2-1-3-17(20)21/h1-16H2,(H,20,21). The van der Waals surface area contributed by atoms with E-state index in [0.717, 1.165) is 5.33 Å². The average Bonchev–Trinajstić information content (AvgIpc) is 2.67. The molecule has 9 nitrogen and oxygen atoms in total. The van der Waals surface area contributed by atoms with E-state index in [1.54, 1.807) is 0 Å². The summed E-state index contributed by atoms with van der Waals surface area (Å²) in [5, 5.41) is 9.31. The molecule has 0 aliphatic rings. The van der Waals surface area contributed by atoms with E-state index in [9.17, 15) is 9.59 Å². The molecule has 28 heavy (non-hydrogen) atoms. The summed E-state index contributed by atoms with van der Waals surface area (Å²) in [5.74, 6) is -1.19. The fourth-order valence-electron chi connectivity index (χ4n) is 1.87. The summed E-state index contributed by atoms with van der Waals surface area (Å²) < 4.78 is 31.5. The molecule has 0 aliphatic heterocycles. The zero-order valence-electron chi connectivity index (χ0n) is 16.4. The lowest BCUT2D eigenvalue weighted by Gasteiger charge is -2.08. The Morgan fingerprint density at radius 3 is 1.43 bits per heavy atom. The van der Waals surface area contributed by atoms with E-state index in [1.165, 1.54) is 0 Å². The lowest BCUT2D eigenvalue weighted by atomic mass is 10.2. The third-order valence-electron chi connectivity index (χ3n) is 3.22. The highest BCUT2D eigenvalue weighted by atomic mass is 79.9. The molecule has 0 bridgehead atoms. The summed E-state index contributed by atoms with van der Waals surface area (Å²) in [4.78, 5) is 21.7. The van der Waals surface area contributed by atoms with Crippen LogP contribution in [-0.2, 0) is 38.0 Å². The Balaban J connectivity index is 3.11. The first-order valence-electron chi connectivity index (χ1n) is 9.49. The van der Waals surface area contributed by atoms with E-state index in [1.807, 2.05) is 0 Å². The first kappa shape index (κ1) is 27.2. The van der Waals surface area contributed by atoms with Crippen LogP contribution < -0.4 is 0 Å². The first-order chi connectivity index (χ1) is 13.7. The SMILES string of the molecule is O=C(O)CCCCC(=O)OCCOCCOCCOCCOCCOCCBr. The summed E-state index contributed by atoms with van der Waals surface area (Å²) in [7, 11) is 0. The summed E-state index contributed by atoms with van der Waals surface area (Å²) in [6, 6.07) is 0. The lowest BCUT2D eigenvalue weighted by Crippen LogP contribution is -2.15. The van der Waals surface area contributed by atoms with Crippen LogP contribution in [0.25, 0.3) is 0 Å². The van der Waals surface area contributed by atoms with Gasteiger partial charge in [0.1, 0.15) is 6.61 Å². The maximum absolute atomic E-state index is 11.4. The molecule has 0 heterocycles. The molecule has 0 aliphatic carbocycles. The Kier molecular flexibility index (Phi) is 21.9. The normalized spacial score (nSPS) is 10.9. The summed E-state index contributed by atoms with van der Waals surface area (Å²) in [6.07, 6.45) is 1.29. The van der Waals surface area contributed by atoms with Crippen molar-refractivity contribution in [3.05, 3.63) is 0 Å². The summed E-state index contributed by atoms with van der Waals surface area (Å²) >= 11 is 3.27. The van der Waals surface area contributed by atoms with Gasteiger partial charge >= 0.3 is 11.9 Å². The number of ether oxygens (including phenoxy) is 6. The Morgan fingerprint density at radius 2 is 1.00 bits per heavy atom. The number of unbranched alkanes of at least 4 members (excludes halogenated alkanes) is 1. The highest BCUT2D eigenvalue weighted by Gasteiger charge is 2.04. The molecular weight excluding hydrogens is 440 g/mol. The minimum Gasteiger partial charge on any atom is -0.481 e. The summed E-state index contributed by atoms with van der Waals surface area (Å²) in [5.41, 5.74) is 0. The van der Waals surface area contributed by atoms with Crippen molar-refractivity contribution in [1.82, 2.24) is 0 Å². The summed E-state index contributed by atoms with van der Waals surface area (Å²) in [6.45, 7) is 5.17. The fraction of sp³-hybridized carbons (Fsp3) is 0.889. The van der Waals surface area contributed by atoms with Gasteiger partial charge < -0.3 is 33.5 Å². The molecule has 0 saturated carbocycles. The second kappa shape index (κ2) is 22.5. The Hall–Kier alpha value is -0.780. The number of carboxylic acid groups (broad SMARTS) is 1. The van der Waals surface area contributed by atoms with Crippen molar-refractivity contribution in [2.75, 3.05) is 78.0 Å². The number of halogens is 1. The van der Waals surface area contributed by atoms with Gasteiger partial charge in [0.05, 0.1) is 66.1 Å². The highest BCUT2D eigenvalue weighted by molar-refractivity contribution is 9.09. The molecule has 0 saturated heterocycles. The van der Waals surface area contributed by atoms with E-state index in [0.29, 0.717) is 78.9 Å². The van der Waals surface area contributed by atoms with Gasteiger partial charge in [-0.05, 0) is 12.8 Å². The predicted molar refractivity (Wildman–Crippen MR) is 105 cm³/mol. The zero-order valence-corrected chi connectivity index (χ0v) is 18.0. The molecule has 0 rings (SSSR count). The van der Waals surface area contributed by atoms with Crippen LogP contribution in [-0.4, -0.2) is 95.1 Å². The van der Waals surface area contributed by atoms with Crippen LogP contribution in [0.5, 0.6) is 0 Å². The number of carboxylic acids is 1. The molecule has 0 atom stereocenters. The Bertz CT molecular complexity index is 369. The average molecular weight is 473 g/mol. The minimum absolute atomic E-state index is 0.0719. The van der Waals surface area contributed by atoms with Gasteiger partial charge in [-0.25, -0.2) is 0 Å². The lowest BCUT2D eigenvalue weighted by molar-refractivity contribution is -0.146. The Labute approximate surface area is 175 Å². The Morgan fingerprint density at radius 1 is 0.607 bits per heavy atom. The fourth-order valence-corrected chi connectivity index (χ4v) is 2.10. The smallest absolute Gasteiger partial charge is 0.305 e. The number of carbonyl (C=O) groups is 2. The van der Waals surface area contributed by atoms with Crippen molar-refractivity contribution in [3.8, 4) is 0 Å². The zero-order chi connectivity index (χ0) is 20.7. The molecule has 10 heteroatoms. The van der Waals surface area contributed by atoms with E-state index in [4.69, 9.17) is 33.5 Å². The van der Waals surface area contributed by atoms with Crippen LogP contribution >= 0.6 is 15.9 Å². The number of esters is 1. The largest absolute Gasteiger partial charge is 0.481 e. The number of hydrogen-bond donors (Lipinski definition) is 1. The van der Waals surface area contributed by atoms with E-state index >= 15 is 0 Å². The maximum Gasteiger partial charge on any atom is 0.305 e. The topological polar surface area (TPSA) is 110 Å². The van der Waals surface area contributed by atoms with Gasteiger partial charge in [-0.3, -0.25) is 9.59 Å². The van der Waals surface area contributed by atoms with E-state index in [-0.39, 0.29) is 25.4 Å². The number of aliphatic carboxylic acids is 1. The van der Waals surface area contributed by atoms with Crippen molar-refractivity contribution < 1.29 is 43.1 Å². The molecule has 0 aromatic carbocycles. The van der Waals surface area contributed by atoms with Crippen molar-refractivity contribution in [3.63, 3.8) is 0 Å². The second-order valence-electron chi connectivity index (χ2n) is 5.57. The molecule has 0 aromatic heterocycles. The predicted octanol–water partition coefficient (Wildman–Crippen LogP) is 1.65. The molecule has 166 valence electrons. The van der Waals surface area contributed by atoms with Crippen LogP contribution in [0.2, 0.25) is 0 Å². The number of rotatable bonds is 22. The maximum atomic E-state index is 11.4. The van der Waals surface area contributed by atoms with Crippen LogP contribution in [0, 0.1) is 0 Å². The number of carbonyl (C=O) groups excluding carboxylic acids is 1. The third-order valence-corrected chi connectivity index (χ3v) is 3.55. The van der Waals surface area contributed by atoms with Gasteiger partial charge in [-0.1, -0.05) is 15.9 Å². The molecule has 0 amide bonds. The van der Waals surface area contributed by atoms with Crippen LogP contribution in [0.3, 0.4) is 0 Å². The monoisotopic (exact) mass is 472 g/mol. The van der Waals surface area contributed by atoms with Gasteiger partial charge in [0.2, 0.25) is 0 Å². The van der Waals surface area contributed by atoms with Crippen LogP contribution in [0.4, 0.5) is 0 Å². The third kappa shape index (κ3) is 23.3. The highest BCUT2D eigenvalue weighted by Crippen LogP contribution is 2.01. The van der Waals surface area contributed by atoms with Crippen molar-refractivity contribution in [1.29, 1.82) is 0 Å². The van der Waals surface area contributed by atoms with Gasteiger partial charge in [0, 0.05) is 18.2 Å². The quantitative estimate of drug-likeness (QED) is 0.143. The number of hydrogen-bond acceptors (Lipinski definition) is 8. The van der Waals surface area contributed by atoms with E-state index in [2.05, 4.69) is 15.9 Å². The molecule has 0 unspecified atom stereocenters. The van der Waals surface area contributed by atoms with Gasteiger partial charge in [-0.15, -0.1) is 0 Å². The van der Waals surface area contributed by atoms with Gasteiger partial charge in [-0.2, -0.15) is 0 Å². The second-order valence-corrected chi connectivity index (χ2v) is 6.37. The molecular formula is C18H33BrO9. The van der Waals surface area contributed by atoms with E-state index < -0.39 is 5.97 Å². The van der Waals surface area contributed by atoms with Crippen molar-refractivity contribution in [2.24, 2.45) is 0 Å². The molecule has 1 N–H and O–H groups in total. The van der Waals surface area contributed by atoms with Gasteiger partial charge in [0.15, 0.2) is 0 Å². The van der Waals surface area contributed by atoms with Crippen molar-refractivity contribution >= 4 is 27.9 Å².